The van der Waals surface area contributed by atoms with E-state index in [1.54, 1.807) is 0 Å². The van der Waals surface area contributed by atoms with Gasteiger partial charge in [0.2, 0.25) is 0 Å². The fourth-order valence-corrected chi connectivity index (χ4v) is 5.31. The summed E-state index contributed by atoms with van der Waals surface area (Å²) in [6.07, 6.45) is 0.947. The molecular weight excluding hydrogens is 440 g/mol. The second-order valence-electron chi connectivity index (χ2n) is 7.40. The number of aromatic nitrogens is 1. The van der Waals surface area contributed by atoms with Crippen molar-refractivity contribution in [3.63, 3.8) is 0 Å². The number of sulfone groups is 1. The summed E-state index contributed by atoms with van der Waals surface area (Å²) in [6, 6.07) is 12.3. The highest BCUT2D eigenvalue weighted by atomic mass is 32.2. The first-order valence-corrected chi connectivity index (χ1v) is 12.3. The minimum absolute atomic E-state index is 0.0499. The average molecular weight is 461 g/mol. The van der Waals surface area contributed by atoms with E-state index in [9.17, 15) is 23.3 Å². The molecule has 1 fully saturated rings. The van der Waals surface area contributed by atoms with Gasteiger partial charge < -0.3 is 4.90 Å². The summed E-state index contributed by atoms with van der Waals surface area (Å²) >= 11 is 1.05. The minimum atomic E-state index is -3.71. The topological polar surface area (TPSA) is 114 Å². The molecule has 11 heteroatoms. The summed E-state index contributed by atoms with van der Waals surface area (Å²) in [5.74, 6) is 0. The number of anilines is 1. The molecule has 3 aromatic rings. The quantitative estimate of drug-likeness (QED) is 0.421. The van der Waals surface area contributed by atoms with Crippen LogP contribution in [0.25, 0.3) is 10.1 Å². The molecule has 0 spiro atoms. The van der Waals surface area contributed by atoms with Gasteiger partial charge in [-0.3, -0.25) is 19.8 Å². The van der Waals surface area contributed by atoms with Crippen LogP contribution in [-0.4, -0.2) is 55.7 Å². The monoisotopic (exact) mass is 460 g/mol. The third kappa shape index (κ3) is 4.58. The number of nitro groups is 1. The molecule has 0 unspecified atom stereocenters. The molecule has 0 aliphatic carbocycles. The first-order chi connectivity index (χ1) is 14.7. The van der Waals surface area contributed by atoms with Crippen LogP contribution in [0.5, 0.6) is 0 Å². The smallest absolute Gasteiger partial charge is 0.288 e. The fraction of sp³-hybridized carbons (Fsp3) is 0.300. The molecule has 162 valence electrons. The second-order valence-corrected chi connectivity index (χ2v) is 10.4. The van der Waals surface area contributed by atoms with Crippen LogP contribution < -0.4 is 10.5 Å². The van der Waals surface area contributed by atoms with Gasteiger partial charge in [-0.2, -0.15) is 4.98 Å². The number of fused-ring (bicyclic) bond motifs is 1. The lowest BCUT2D eigenvalue weighted by Crippen LogP contribution is -2.46. The van der Waals surface area contributed by atoms with E-state index in [0.29, 0.717) is 18.2 Å². The number of nitro benzene ring substituents is 1. The van der Waals surface area contributed by atoms with E-state index in [1.165, 1.54) is 11.6 Å². The molecule has 0 amide bonds. The van der Waals surface area contributed by atoms with Crippen LogP contribution in [0.4, 0.5) is 10.8 Å². The number of hydrogen-bond donors (Lipinski definition) is 0. The van der Waals surface area contributed by atoms with Gasteiger partial charge in [-0.25, -0.2) is 8.42 Å². The van der Waals surface area contributed by atoms with Gasteiger partial charge in [0.05, 0.1) is 15.2 Å². The predicted molar refractivity (Wildman–Crippen MR) is 120 cm³/mol. The maximum absolute atomic E-state index is 12.6. The van der Waals surface area contributed by atoms with Crippen molar-refractivity contribution < 1.29 is 13.3 Å². The molecule has 0 atom stereocenters. The lowest BCUT2D eigenvalue weighted by atomic mass is 10.2. The van der Waals surface area contributed by atoms with E-state index in [2.05, 4.69) is 22.0 Å². The number of non-ortho nitro benzene ring substituents is 1. The van der Waals surface area contributed by atoms with Gasteiger partial charge in [-0.05, 0) is 11.6 Å². The van der Waals surface area contributed by atoms with Crippen LogP contribution in [0.2, 0.25) is 0 Å². The predicted octanol–water partition coefficient (Wildman–Crippen LogP) is 2.29. The Hall–Kier alpha value is -2.89. The highest BCUT2D eigenvalue weighted by Gasteiger charge is 2.25. The summed E-state index contributed by atoms with van der Waals surface area (Å²) in [7, 11) is -3.71. The van der Waals surface area contributed by atoms with E-state index >= 15 is 0 Å². The number of piperazine rings is 1. The van der Waals surface area contributed by atoms with Gasteiger partial charge in [-0.1, -0.05) is 41.7 Å². The Bertz CT molecular complexity index is 1300. The zero-order valence-electron chi connectivity index (χ0n) is 16.7. The molecule has 1 aliphatic heterocycles. The normalized spacial score (nSPS) is 15.3. The van der Waals surface area contributed by atoms with Gasteiger partial charge in [0.15, 0.2) is 15.0 Å². The summed E-state index contributed by atoms with van der Waals surface area (Å²) in [4.78, 5) is 31.7. The first-order valence-electron chi connectivity index (χ1n) is 9.57. The zero-order valence-corrected chi connectivity index (χ0v) is 18.4. The SMILES string of the molecule is CS(=O)(=O)c1cc([N+](=O)[O-])c2sc(N3CCN(Cc4ccccc4)CC3)nc(=O)c2c1. The molecule has 4 rings (SSSR count). The fourth-order valence-electron chi connectivity index (χ4n) is 3.54. The molecule has 0 bridgehead atoms. The molecule has 1 aliphatic rings. The van der Waals surface area contributed by atoms with E-state index in [1.807, 2.05) is 23.1 Å². The Morgan fingerprint density at radius 2 is 1.81 bits per heavy atom. The highest BCUT2D eigenvalue weighted by molar-refractivity contribution is 7.90. The molecule has 9 nitrogen and oxygen atoms in total. The highest BCUT2D eigenvalue weighted by Crippen LogP contribution is 2.34. The Morgan fingerprint density at radius 3 is 2.42 bits per heavy atom. The molecule has 0 saturated carbocycles. The summed E-state index contributed by atoms with van der Waals surface area (Å²) in [6.45, 7) is 3.64. The standard InChI is InChI=1S/C20H20N4O5S2/c1-31(28,29)15-11-16-18(17(12-15)24(26)27)30-20(21-19(16)25)23-9-7-22(8-10-23)13-14-5-3-2-4-6-14/h2-6,11-12H,7-10,13H2,1H3. The Labute approximate surface area is 182 Å². The van der Waals surface area contributed by atoms with E-state index in [0.717, 1.165) is 43.3 Å². The van der Waals surface area contributed by atoms with Crippen LogP contribution in [0, 0.1) is 10.1 Å². The summed E-state index contributed by atoms with van der Waals surface area (Å²) in [5, 5.41) is 11.9. The van der Waals surface area contributed by atoms with Crippen molar-refractivity contribution in [3.8, 4) is 0 Å². The molecule has 2 heterocycles. The van der Waals surface area contributed by atoms with E-state index < -0.39 is 26.0 Å². The summed E-state index contributed by atoms with van der Waals surface area (Å²) < 4.78 is 23.9. The lowest BCUT2D eigenvalue weighted by Gasteiger charge is -2.34. The first kappa shape index (κ1) is 21.3. The Balaban J connectivity index is 1.63. The summed E-state index contributed by atoms with van der Waals surface area (Å²) in [5.41, 5.74) is 0.164. The largest absolute Gasteiger partial charge is 0.345 e. The number of benzene rings is 2. The van der Waals surface area contributed by atoms with Crippen molar-refractivity contribution in [2.45, 2.75) is 11.4 Å². The van der Waals surface area contributed by atoms with Crippen LogP contribution in [0.1, 0.15) is 5.56 Å². The Morgan fingerprint density at radius 1 is 1.13 bits per heavy atom. The van der Waals surface area contributed by atoms with Crippen molar-refractivity contribution in [1.29, 1.82) is 0 Å². The van der Waals surface area contributed by atoms with Crippen LogP contribution in [0.3, 0.4) is 0 Å². The molecule has 2 aromatic carbocycles. The van der Waals surface area contributed by atoms with Crippen LogP contribution >= 0.6 is 11.3 Å². The third-order valence-corrected chi connectivity index (χ3v) is 7.44. The average Bonchev–Trinajstić information content (AvgIpc) is 2.73. The maximum atomic E-state index is 12.6. The van der Waals surface area contributed by atoms with E-state index in [4.69, 9.17) is 0 Å². The number of hydrogen-bond acceptors (Lipinski definition) is 9. The molecule has 1 aromatic heterocycles. The van der Waals surface area contributed by atoms with Crippen molar-refractivity contribution in [2.75, 3.05) is 37.3 Å². The van der Waals surface area contributed by atoms with E-state index in [-0.39, 0.29) is 15.0 Å². The lowest BCUT2D eigenvalue weighted by molar-refractivity contribution is -0.383. The van der Waals surface area contributed by atoms with Crippen LogP contribution in [0.15, 0.2) is 52.2 Å². The molecule has 0 radical (unpaired) electrons. The maximum Gasteiger partial charge on any atom is 0.288 e. The molecule has 31 heavy (non-hydrogen) atoms. The van der Waals surface area contributed by atoms with Gasteiger partial charge in [0.1, 0.15) is 4.70 Å². The molecule has 1 saturated heterocycles. The van der Waals surface area contributed by atoms with Gasteiger partial charge in [0, 0.05) is 45.0 Å². The van der Waals surface area contributed by atoms with Gasteiger partial charge in [0.25, 0.3) is 11.2 Å². The minimum Gasteiger partial charge on any atom is -0.345 e. The van der Waals surface area contributed by atoms with Crippen LogP contribution in [-0.2, 0) is 16.4 Å². The Kier molecular flexibility index (Phi) is 5.73. The molecular formula is C20H20N4O5S2. The number of nitrogens with zero attached hydrogens (tertiary/aromatic N) is 4. The second kappa shape index (κ2) is 8.33. The van der Waals surface area contributed by atoms with Crippen molar-refractivity contribution in [1.82, 2.24) is 9.88 Å². The zero-order chi connectivity index (χ0) is 22.2. The van der Waals surface area contributed by atoms with Gasteiger partial charge >= 0.3 is 0 Å². The van der Waals surface area contributed by atoms with Crippen molar-refractivity contribution in [3.05, 3.63) is 68.5 Å². The van der Waals surface area contributed by atoms with Gasteiger partial charge in [-0.15, -0.1) is 0 Å². The number of rotatable bonds is 5. The third-order valence-electron chi connectivity index (χ3n) is 5.18. The van der Waals surface area contributed by atoms with Crippen molar-refractivity contribution >= 4 is 42.1 Å². The molecule has 0 N–H and O–H groups in total. The van der Waals surface area contributed by atoms with Crippen molar-refractivity contribution in [2.24, 2.45) is 0 Å².